The molecule has 1 aromatic rings. The molecule has 6 nitrogen and oxygen atoms in total. The molecule has 0 saturated heterocycles. The highest BCUT2D eigenvalue weighted by atomic mass is 32.2. The molecule has 0 spiro atoms. The van der Waals surface area contributed by atoms with Crippen LogP contribution >= 0.6 is 11.8 Å². The zero-order valence-corrected chi connectivity index (χ0v) is 10.0. The predicted molar refractivity (Wildman–Crippen MR) is 62.0 cm³/mol. The van der Waals surface area contributed by atoms with Gasteiger partial charge in [0.1, 0.15) is 17.2 Å². The number of methoxy groups -OCH3 is 1. The van der Waals surface area contributed by atoms with E-state index in [0.717, 1.165) is 17.0 Å². The maximum absolute atomic E-state index is 11.0. The number of anilines is 1. The van der Waals surface area contributed by atoms with Gasteiger partial charge in [-0.25, -0.2) is 15.8 Å². The van der Waals surface area contributed by atoms with E-state index in [0.29, 0.717) is 5.82 Å². The molecule has 0 aliphatic rings. The number of nitrogens with two attached hydrogens (primary N) is 1. The van der Waals surface area contributed by atoms with Crippen LogP contribution in [-0.2, 0) is 16.0 Å². The van der Waals surface area contributed by atoms with Crippen molar-refractivity contribution in [2.75, 3.05) is 18.3 Å². The van der Waals surface area contributed by atoms with Crippen molar-refractivity contribution in [2.45, 2.75) is 18.4 Å². The third-order valence-corrected chi connectivity index (χ3v) is 2.96. The standard InChI is InChI=1S/C9H14N4O2S/c1-3-6-8(13-10)11-5-12-9(6)16-4-7(14)15-2/h5H,3-4,10H2,1-2H3,(H,11,12,13). The van der Waals surface area contributed by atoms with Crippen LogP contribution in [0.25, 0.3) is 0 Å². The Morgan fingerprint density at radius 2 is 2.38 bits per heavy atom. The fourth-order valence-corrected chi connectivity index (χ4v) is 2.06. The van der Waals surface area contributed by atoms with Gasteiger partial charge < -0.3 is 10.2 Å². The van der Waals surface area contributed by atoms with Crippen molar-refractivity contribution in [1.29, 1.82) is 0 Å². The van der Waals surface area contributed by atoms with Crippen molar-refractivity contribution >= 4 is 23.5 Å². The van der Waals surface area contributed by atoms with Gasteiger partial charge in [-0.1, -0.05) is 18.7 Å². The Morgan fingerprint density at radius 3 is 2.94 bits per heavy atom. The Bertz CT molecular complexity index is 373. The third kappa shape index (κ3) is 3.07. The number of esters is 1. The van der Waals surface area contributed by atoms with Gasteiger partial charge in [0, 0.05) is 5.56 Å². The van der Waals surface area contributed by atoms with E-state index in [9.17, 15) is 4.79 Å². The van der Waals surface area contributed by atoms with Gasteiger partial charge in [-0.2, -0.15) is 0 Å². The van der Waals surface area contributed by atoms with Crippen LogP contribution in [0.15, 0.2) is 11.4 Å². The molecule has 0 radical (unpaired) electrons. The molecule has 0 fully saturated rings. The maximum atomic E-state index is 11.0. The molecule has 1 heterocycles. The number of rotatable bonds is 5. The third-order valence-electron chi connectivity index (χ3n) is 1.95. The molecule has 88 valence electrons. The van der Waals surface area contributed by atoms with E-state index in [1.54, 1.807) is 0 Å². The Kier molecular flexibility index (Phi) is 5.00. The van der Waals surface area contributed by atoms with Crippen LogP contribution in [0, 0.1) is 0 Å². The molecule has 7 heteroatoms. The average Bonchev–Trinajstić information content (AvgIpc) is 2.34. The molecular weight excluding hydrogens is 228 g/mol. The monoisotopic (exact) mass is 242 g/mol. The lowest BCUT2D eigenvalue weighted by atomic mass is 10.2. The van der Waals surface area contributed by atoms with Crippen molar-refractivity contribution in [2.24, 2.45) is 5.84 Å². The second kappa shape index (κ2) is 6.29. The van der Waals surface area contributed by atoms with E-state index in [1.165, 1.54) is 25.2 Å². The molecule has 0 aromatic carbocycles. The minimum atomic E-state index is -0.284. The summed E-state index contributed by atoms with van der Waals surface area (Å²) in [4.78, 5) is 19.1. The first-order valence-electron chi connectivity index (χ1n) is 4.73. The Hall–Kier alpha value is -1.34. The lowest BCUT2D eigenvalue weighted by Crippen LogP contribution is -2.12. The number of hydrogen-bond donors (Lipinski definition) is 2. The number of carbonyl (C=O) groups is 1. The van der Waals surface area contributed by atoms with E-state index >= 15 is 0 Å². The summed E-state index contributed by atoms with van der Waals surface area (Å²) < 4.78 is 4.56. The number of hydrogen-bond acceptors (Lipinski definition) is 7. The first-order valence-corrected chi connectivity index (χ1v) is 5.71. The number of nitrogens with zero attached hydrogens (tertiary/aromatic N) is 2. The summed E-state index contributed by atoms with van der Waals surface area (Å²) in [6.45, 7) is 1.97. The molecule has 0 atom stereocenters. The van der Waals surface area contributed by atoms with E-state index < -0.39 is 0 Å². The number of aromatic nitrogens is 2. The number of hydrazine groups is 1. The highest BCUT2D eigenvalue weighted by Gasteiger charge is 2.11. The smallest absolute Gasteiger partial charge is 0.316 e. The second-order valence-corrected chi connectivity index (χ2v) is 3.83. The van der Waals surface area contributed by atoms with Crippen molar-refractivity contribution in [3.63, 3.8) is 0 Å². The van der Waals surface area contributed by atoms with Gasteiger partial charge in [-0.3, -0.25) is 4.79 Å². The topological polar surface area (TPSA) is 90.1 Å². The summed E-state index contributed by atoms with van der Waals surface area (Å²) in [5.41, 5.74) is 3.41. The SMILES string of the molecule is CCc1c(NN)ncnc1SCC(=O)OC. The van der Waals surface area contributed by atoms with Crippen LogP contribution < -0.4 is 11.3 Å². The number of carbonyl (C=O) groups excluding carboxylic acids is 1. The molecule has 3 N–H and O–H groups in total. The van der Waals surface area contributed by atoms with Gasteiger partial charge in [0.05, 0.1) is 12.9 Å². The van der Waals surface area contributed by atoms with E-state index in [2.05, 4.69) is 20.1 Å². The molecule has 1 rings (SSSR count). The van der Waals surface area contributed by atoms with E-state index in [1.807, 2.05) is 6.92 Å². The largest absolute Gasteiger partial charge is 0.468 e. The van der Waals surface area contributed by atoms with Crippen LogP contribution in [0.1, 0.15) is 12.5 Å². The van der Waals surface area contributed by atoms with Gasteiger partial charge in [0.15, 0.2) is 0 Å². The normalized spacial score (nSPS) is 9.94. The van der Waals surface area contributed by atoms with Gasteiger partial charge in [0.25, 0.3) is 0 Å². The second-order valence-electron chi connectivity index (χ2n) is 2.87. The molecule has 0 saturated carbocycles. The van der Waals surface area contributed by atoms with Gasteiger partial charge in [0.2, 0.25) is 0 Å². The number of nitrogen functional groups attached to an aromatic ring is 1. The van der Waals surface area contributed by atoms with Crippen LogP contribution in [0.3, 0.4) is 0 Å². The molecule has 16 heavy (non-hydrogen) atoms. The maximum Gasteiger partial charge on any atom is 0.316 e. The van der Waals surface area contributed by atoms with Crippen LogP contribution in [0.4, 0.5) is 5.82 Å². The summed E-state index contributed by atoms with van der Waals surface area (Å²) >= 11 is 1.31. The van der Waals surface area contributed by atoms with Gasteiger partial charge >= 0.3 is 5.97 Å². The minimum Gasteiger partial charge on any atom is -0.468 e. The minimum absolute atomic E-state index is 0.227. The van der Waals surface area contributed by atoms with E-state index in [-0.39, 0.29) is 11.7 Å². The first kappa shape index (κ1) is 12.7. The number of nitrogens with one attached hydrogen (secondary N) is 1. The summed E-state index contributed by atoms with van der Waals surface area (Å²) in [6.07, 6.45) is 2.15. The van der Waals surface area contributed by atoms with Crippen molar-refractivity contribution in [1.82, 2.24) is 9.97 Å². The summed E-state index contributed by atoms with van der Waals surface area (Å²) in [7, 11) is 1.36. The molecular formula is C9H14N4O2S. The van der Waals surface area contributed by atoms with Gasteiger partial charge in [-0.05, 0) is 6.42 Å². The highest BCUT2D eigenvalue weighted by molar-refractivity contribution is 7.99. The fourth-order valence-electron chi connectivity index (χ4n) is 1.15. The lowest BCUT2D eigenvalue weighted by Gasteiger charge is -2.09. The van der Waals surface area contributed by atoms with Crippen LogP contribution in [0.2, 0.25) is 0 Å². The van der Waals surface area contributed by atoms with Crippen molar-refractivity contribution < 1.29 is 9.53 Å². The molecule has 0 bridgehead atoms. The van der Waals surface area contributed by atoms with E-state index in [4.69, 9.17) is 5.84 Å². The highest BCUT2D eigenvalue weighted by Crippen LogP contribution is 2.24. The quantitative estimate of drug-likeness (QED) is 0.257. The zero-order chi connectivity index (χ0) is 12.0. The Balaban J connectivity index is 2.82. The average molecular weight is 242 g/mol. The van der Waals surface area contributed by atoms with Crippen molar-refractivity contribution in [3.8, 4) is 0 Å². The molecule has 1 aromatic heterocycles. The van der Waals surface area contributed by atoms with Crippen LogP contribution in [-0.4, -0.2) is 28.8 Å². The fraction of sp³-hybridized carbons (Fsp3) is 0.444. The van der Waals surface area contributed by atoms with Gasteiger partial charge in [-0.15, -0.1) is 0 Å². The first-order chi connectivity index (χ1) is 7.72. The summed E-state index contributed by atoms with van der Waals surface area (Å²) in [5.74, 6) is 5.87. The molecule has 0 aliphatic heterocycles. The number of thioether (sulfide) groups is 1. The molecule has 0 unspecified atom stereocenters. The molecule has 0 amide bonds. The Labute approximate surface area is 98.0 Å². The van der Waals surface area contributed by atoms with Crippen LogP contribution in [0.5, 0.6) is 0 Å². The number of ether oxygens (including phenoxy) is 1. The zero-order valence-electron chi connectivity index (χ0n) is 9.19. The molecule has 0 aliphatic carbocycles. The van der Waals surface area contributed by atoms with Crippen molar-refractivity contribution in [3.05, 3.63) is 11.9 Å². The summed E-state index contributed by atoms with van der Waals surface area (Å²) in [6, 6.07) is 0. The Morgan fingerprint density at radius 1 is 1.62 bits per heavy atom. The summed E-state index contributed by atoms with van der Waals surface area (Å²) in [5, 5.41) is 0.746. The lowest BCUT2D eigenvalue weighted by molar-refractivity contribution is -0.137. The predicted octanol–water partition coefficient (Wildman–Crippen LogP) is 0.590.